The largest absolute Gasteiger partial charge is 0.480 e. The first-order valence-electron chi connectivity index (χ1n) is 16.0. The first-order chi connectivity index (χ1) is 20.8. The van der Waals surface area contributed by atoms with E-state index in [-0.39, 0.29) is 41.8 Å². The van der Waals surface area contributed by atoms with Gasteiger partial charge in [-0.05, 0) is 80.8 Å². The van der Waals surface area contributed by atoms with E-state index < -0.39 is 12.0 Å². The summed E-state index contributed by atoms with van der Waals surface area (Å²) in [4.78, 5) is 32.5. The van der Waals surface area contributed by atoms with Crippen molar-refractivity contribution in [2.45, 2.75) is 95.4 Å². The number of halogens is 2. The van der Waals surface area contributed by atoms with Crippen molar-refractivity contribution in [3.63, 3.8) is 0 Å². The summed E-state index contributed by atoms with van der Waals surface area (Å²) < 4.78 is 14.4. The minimum absolute atomic E-state index is 0.0102. The first kappa shape index (κ1) is 31.7. The molecule has 2 heterocycles. The van der Waals surface area contributed by atoms with Gasteiger partial charge in [0.15, 0.2) is 0 Å². The van der Waals surface area contributed by atoms with Crippen LogP contribution in [0.5, 0.6) is 0 Å². The number of piperidine rings is 1. The standard InChI is InChI=1S/C34H46ClFN4O3/c1-3-39(34(43)37-21-24-9-7-13-27(35)19-24)29-15-17-38(18-16-29)31-23(2)40(22-30(31)26-12-8-14-28(36)20-26)32(33(41)42)25-10-5-4-6-11-25/h7-9,12-14,19-20,23,25,29-32H,3-6,10-11,15-18,21-22H2,1-2H3,(H,37,43)(H,41,42)/t23?,30?,31?,32-/m1/s1. The highest BCUT2D eigenvalue weighted by Gasteiger charge is 2.49. The van der Waals surface area contributed by atoms with Gasteiger partial charge in [0.1, 0.15) is 11.9 Å². The minimum Gasteiger partial charge on any atom is -0.480 e. The maximum atomic E-state index is 14.4. The van der Waals surface area contributed by atoms with Crippen LogP contribution in [0.2, 0.25) is 5.02 Å². The molecule has 3 aliphatic rings. The molecule has 1 aliphatic carbocycles. The fraction of sp³-hybridized carbons (Fsp3) is 0.588. The molecule has 234 valence electrons. The minimum atomic E-state index is -0.738. The number of aliphatic carboxylic acids is 1. The number of urea groups is 1. The van der Waals surface area contributed by atoms with Crippen molar-refractivity contribution in [3.8, 4) is 0 Å². The predicted octanol–water partition coefficient (Wildman–Crippen LogP) is 6.37. The summed E-state index contributed by atoms with van der Waals surface area (Å²) in [5.74, 6) is -0.838. The zero-order valence-electron chi connectivity index (χ0n) is 25.4. The maximum absolute atomic E-state index is 14.4. The third kappa shape index (κ3) is 7.35. The Hall–Kier alpha value is -2.68. The van der Waals surface area contributed by atoms with Gasteiger partial charge in [-0.15, -0.1) is 0 Å². The van der Waals surface area contributed by atoms with Crippen LogP contribution in [-0.2, 0) is 11.3 Å². The Bertz CT molecular complexity index is 1250. The lowest BCUT2D eigenvalue weighted by molar-refractivity contribution is -0.146. The average molecular weight is 613 g/mol. The molecule has 4 atom stereocenters. The molecule has 1 saturated carbocycles. The predicted molar refractivity (Wildman–Crippen MR) is 168 cm³/mol. The number of carbonyl (C=O) groups excluding carboxylic acids is 1. The molecule has 0 radical (unpaired) electrons. The lowest BCUT2D eigenvalue weighted by Gasteiger charge is -2.44. The van der Waals surface area contributed by atoms with Crippen molar-refractivity contribution < 1.29 is 19.1 Å². The van der Waals surface area contributed by atoms with Gasteiger partial charge in [0.05, 0.1) is 0 Å². The molecular formula is C34H46ClFN4O3. The van der Waals surface area contributed by atoms with Crippen LogP contribution in [0.25, 0.3) is 0 Å². The van der Waals surface area contributed by atoms with Crippen LogP contribution in [0.15, 0.2) is 48.5 Å². The smallest absolute Gasteiger partial charge is 0.321 e. The van der Waals surface area contributed by atoms with Crippen molar-refractivity contribution in [1.82, 2.24) is 20.0 Å². The summed E-state index contributed by atoms with van der Waals surface area (Å²) in [5, 5.41) is 14.1. The van der Waals surface area contributed by atoms with Crippen LogP contribution in [0.1, 0.15) is 75.8 Å². The number of hydrogen-bond donors (Lipinski definition) is 2. The van der Waals surface area contributed by atoms with Gasteiger partial charge in [-0.1, -0.05) is 55.1 Å². The van der Waals surface area contributed by atoms with Crippen molar-refractivity contribution in [2.24, 2.45) is 5.92 Å². The highest BCUT2D eigenvalue weighted by molar-refractivity contribution is 6.30. The Balaban J connectivity index is 1.29. The van der Waals surface area contributed by atoms with Crippen molar-refractivity contribution >= 4 is 23.6 Å². The monoisotopic (exact) mass is 612 g/mol. The number of amides is 2. The highest BCUT2D eigenvalue weighted by Crippen LogP contribution is 2.41. The average Bonchev–Trinajstić information content (AvgIpc) is 3.33. The number of carbonyl (C=O) groups is 2. The number of carboxylic acids is 1. The van der Waals surface area contributed by atoms with E-state index >= 15 is 0 Å². The highest BCUT2D eigenvalue weighted by atomic mass is 35.5. The first-order valence-corrected chi connectivity index (χ1v) is 16.4. The van der Waals surface area contributed by atoms with E-state index in [2.05, 4.69) is 22.0 Å². The van der Waals surface area contributed by atoms with Gasteiger partial charge < -0.3 is 15.3 Å². The van der Waals surface area contributed by atoms with E-state index in [9.17, 15) is 19.1 Å². The normalized spacial score (nSPS) is 25.0. The number of benzene rings is 2. The second kappa shape index (κ2) is 14.4. The summed E-state index contributed by atoms with van der Waals surface area (Å²) in [6.07, 6.45) is 6.92. The quantitative estimate of drug-likeness (QED) is 0.344. The lowest BCUT2D eigenvalue weighted by Crippen LogP contribution is -2.56. The van der Waals surface area contributed by atoms with Crippen molar-refractivity contribution in [2.75, 3.05) is 26.2 Å². The number of nitrogens with one attached hydrogen (secondary N) is 1. The summed E-state index contributed by atoms with van der Waals surface area (Å²) in [7, 11) is 0. The maximum Gasteiger partial charge on any atom is 0.321 e. The third-order valence-electron chi connectivity index (χ3n) is 10.1. The number of likely N-dealkylation sites (tertiary alicyclic amines) is 2. The van der Waals surface area contributed by atoms with Gasteiger partial charge in [-0.3, -0.25) is 14.6 Å². The summed E-state index contributed by atoms with van der Waals surface area (Å²) in [5.41, 5.74) is 1.90. The molecule has 0 aromatic heterocycles. The van der Waals surface area contributed by atoms with Crippen LogP contribution in [0, 0.1) is 11.7 Å². The summed E-state index contributed by atoms with van der Waals surface area (Å²) in [6.45, 7) is 7.43. The third-order valence-corrected chi connectivity index (χ3v) is 10.4. The topological polar surface area (TPSA) is 76.1 Å². The summed E-state index contributed by atoms with van der Waals surface area (Å²) in [6, 6.07) is 14.0. The zero-order chi connectivity index (χ0) is 30.5. The van der Waals surface area contributed by atoms with E-state index in [4.69, 9.17) is 11.6 Å². The number of hydrogen-bond acceptors (Lipinski definition) is 4. The zero-order valence-corrected chi connectivity index (χ0v) is 26.2. The fourth-order valence-corrected chi connectivity index (χ4v) is 8.27. The molecule has 2 aromatic rings. The molecule has 2 N–H and O–H groups in total. The molecule has 2 saturated heterocycles. The van der Waals surface area contributed by atoms with E-state index in [1.54, 1.807) is 12.1 Å². The molecule has 9 heteroatoms. The molecular weight excluding hydrogens is 567 g/mol. The molecule has 5 rings (SSSR count). The van der Waals surface area contributed by atoms with Gasteiger partial charge in [0, 0.05) is 61.8 Å². The molecule has 0 bridgehead atoms. The molecule has 7 nitrogen and oxygen atoms in total. The van der Waals surface area contributed by atoms with Crippen molar-refractivity contribution in [3.05, 3.63) is 70.5 Å². The molecule has 3 fully saturated rings. The number of carboxylic acid groups (broad SMARTS) is 1. The van der Waals surface area contributed by atoms with Gasteiger partial charge in [-0.2, -0.15) is 0 Å². The molecule has 2 aliphatic heterocycles. The SMILES string of the molecule is CCN(C(=O)NCc1cccc(Cl)c1)C1CCN(C2C(c3cccc(F)c3)CN([C@@H](C(=O)O)C3CCCCC3)C2C)CC1. The van der Waals surface area contributed by atoms with E-state index in [1.165, 1.54) is 12.5 Å². The molecule has 2 aromatic carbocycles. The molecule has 3 unspecified atom stereocenters. The Morgan fingerprint density at radius 1 is 1.07 bits per heavy atom. The summed E-state index contributed by atoms with van der Waals surface area (Å²) >= 11 is 6.11. The van der Waals surface area contributed by atoms with Crippen LogP contribution in [-0.4, -0.2) is 82.2 Å². The van der Waals surface area contributed by atoms with Gasteiger partial charge in [-0.25, -0.2) is 9.18 Å². The molecule has 43 heavy (non-hydrogen) atoms. The second-order valence-corrected chi connectivity index (χ2v) is 13.0. The van der Waals surface area contributed by atoms with Crippen LogP contribution >= 0.6 is 11.6 Å². The Kier molecular flexibility index (Phi) is 10.6. The Morgan fingerprint density at radius 3 is 2.44 bits per heavy atom. The van der Waals surface area contributed by atoms with Gasteiger partial charge in [0.25, 0.3) is 0 Å². The second-order valence-electron chi connectivity index (χ2n) is 12.6. The number of nitrogens with zero attached hydrogens (tertiary/aromatic N) is 3. The van der Waals surface area contributed by atoms with E-state index in [1.807, 2.05) is 42.2 Å². The fourth-order valence-electron chi connectivity index (χ4n) is 8.05. The van der Waals surface area contributed by atoms with E-state index in [0.717, 1.165) is 62.7 Å². The van der Waals surface area contributed by atoms with Crippen molar-refractivity contribution in [1.29, 1.82) is 0 Å². The van der Waals surface area contributed by atoms with Crippen LogP contribution < -0.4 is 5.32 Å². The van der Waals surface area contributed by atoms with Crippen LogP contribution in [0.4, 0.5) is 9.18 Å². The van der Waals surface area contributed by atoms with E-state index in [0.29, 0.717) is 24.7 Å². The van der Waals surface area contributed by atoms with Crippen LogP contribution in [0.3, 0.4) is 0 Å². The molecule has 0 spiro atoms. The lowest BCUT2D eigenvalue weighted by atomic mass is 9.83. The Morgan fingerprint density at radius 2 is 1.79 bits per heavy atom. The van der Waals surface area contributed by atoms with Gasteiger partial charge in [0.2, 0.25) is 0 Å². The van der Waals surface area contributed by atoms with Gasteiger partial charge >= 0.3 is 12.0 Å². The Labute approximate surface area is 260 Å². The number of rotatable bonds is 9. The molecule has 2 amide bonds.